The van der Waals surface area contributed by atoms with Gasteiger partial charge in [-0.15, -0.1) is 0 Å². The van der Waals surface area contributed by atoms with Crippen LogP contribution in [0.2, 0.25) is 5.28 Å². The Hall–Kier alpha value is -1.01. The predicted molar refractivity (Wildman–Crippen MR) is 70.8 cm³/mol. The van der Waals surface area contributed by atoms with E-state index in [1.807, 2.05) is 11.8 Å². The van der Waals surface area contributed by atoms with E-state index in [0.29, 0.717) is 10.9 Å². The number of anilines is 1. The van der Waals surface area contributed by atoms with Crippen molar-refractivity contribution < 1.29 is 0 Å². The fourth-order valence-electron chi connectivity index (χ4n) is 2.04. The Bertz CT molecular complexity index is 542. The van der Waals surface area contributed by atoms with Gasteiger partial charge in [0, 0.05) is 24.1 Å². The van der Waals surface area contributed by atoms with E-state index in [-0.39, 0.29) is 5.28 Å². The second kappa shape index (κ2) is 4.34. The summed E-state index contributed by atoms with van der Waals surface area (Å²) < 4.78 is 0. The number of nitrogens with zero attached hydrogens (tertiary/aromatic N) is 4. The Balaban J connectivity index is 2.06. The molecule has 90 valence electrons. The van der Waals surface area contributed by atoms with Gasteiger partial charge >= 0.3 is 0 Å². The number of H-pyrrole nitrogens is 1. The number of rotatable bonds is 1. The summed E-state index contributed by atoms with van der Waals surface area (Å²) in [6.45, 7) is 4.20. The standard InChI is InChI=1S/C10H12ClN5S/c1-6-5-16(2-3-17-6)9-7-4-12-15-8(7)13-10(11)14-9/h4,6H,2-3,5H2,1H3,(H,12,13,14,15). The van der Waals surface area contributed by atoms with Gasteiger partial charge in [-0.3, -0.25) is 5.10 Å². The molecule has 1 atom stereocenters. The molecule has 5 nitrogen and oxygen atoms in total. The Morgan fingerprint density at radius 3 is 3.24 bits per heavy atom. The highest BCUT2D eigenvalue weighted by Gasteiger charge is 2.21. The van der Waals surface area contributed by atoms with Crippen molar-refractivity contribution in [2.45, 2.75) is 12.2 Å². The van der Waals surface area contributed by atoms with Gasteiger partial charge in [0.25, 0.3) is 0 Å². The highest BCUT2D eigenvalue weighted by molar-refractivity contribution is 8.00. The van der Waals surface area contributed by atoms with Gasteiger partial charge in [-0.2, -0.15) is 26.8 Å². The maximum Gasteiger partial charge on any atom is 0.226 e. The first-order chi connectivity index (χ1) is 8.24. The van der Waals surface area contributed by atoms with Crippen LogP contribution in [-0.4, -0.2) is 44.3 Å². The van der Waals surface area contributed by atoms with Crippen molar-refractivity contribution in [2.24, 2.45) is 0 Å². The van der Waals surface area contributed by atoms with Crippen LogP contribution in [0.5, 0.6) is 0 Å². The molecule has 17 heavy (non-hydrogen) atoms. The summed E-state index contributed by atoms with van der Waals surface area (Å²) in [5, 5.41) is 8.65. The van der Waals surface area contributed by atoms with Crippen LogP contribution in [0.3, 0.4) is 0 Å². The molecule has 1 fully saturated rings. The molecule has 0 radical (unpaired) electrons. The van der Waals surface area contributed by atoms with Crippen LogP contribution in [0.1, 0.15) is 6.92 Å². The maximum absolute atomic E-state index is 5.93. The minimum absolute atomic E-state index is 0.266. The molecule has 3 rings (SSSR count). The molecule has 7 heteroatoms. The van der Waals surface area contributed by atoms with E-state index < -0.39 is 0 Å². The molecule has 1 aliphatic rings. The third-order valence-corrected chi connectivity index (χ3v) is 4.11. The van der Waals surface area contributed by atoms with Crippen LogP contribution in [0.4, 0.5) is 5.82 Å². The van der Waals surface area contributed by atoms with Crippen LogP contribution >= 0.6 is 23.4 Å². The lowest BCUT2D eigenvalue weighted by Gasteiger charge is -2.31. The molecule has 2 aromatic heterocycles. The van der Waals surface area contributed by atoms with E-state index in [1.165, 1.54) is 0 Å². The summed E-state index contributed by atoms with van der Waals surface area (Å²) in [4.78, 5) is 10.7. The molecule has 1 saturated heterocycles. The molecular formula is C10H12ClN5S. The maximum atomic E-state index is 5.93. The number of halogens is 1. The molecule has 0 amide bonds. The smallest absolute Gasteiger partial charge is 0.226 e. The van der Waals surface area contributed by atoms with Crippen LogP contribution in [0.25, 0.3) is 11.0 Å². The van der Waals surface area contributed by atoms with Crippen molar-refractivity contribution in [3.05, 3.63) is 11.5 Å². The topological polar surface area (TPSA) is 57.7 Å². The number of aromatic amines is 1. The van der Waals surface area contributed by atoms with E-state index in [4.69, 9.17) is 11.6 Å². The average Bonchev–Trinajstić information content (AvgIpc) is 2.75. The number of nitrogens with one attached hydrogen (secondary N) is 1. The van der Waals surface area contributed by atoms with Gasteiger partial charge < -0.3 is 4.90 Å². The molecule has 0 aromatic carbocycles. The summed E-state index contributed by atoms with van der Waals surface area (Å²) in [6, 6.07) is 0. The zero-order valence-electron chi connectivity index (χ0n) is 9.35. The minimum Gasteiger partial charge on any atom is -0.354 e. The highest BCUT2D eigenvalue weighted by Crippen LogP contribution is 2.28. The van der Waals surface area contributed by atoms with Crippen LogP contribution < -0.4 is 4.90 Å². The van der Waals surface area contributed by atoms with Gasteiger partial charge in [0.05, 0.1) is 11.6 Å². The van der Waals surface area contributed by atoms with Crippen molar-refractivity contribution in [1.82, 2.24) is 20.2 Å². The van der Waals surface area contributed by atoms with Gasteiger partial charge in [0.15, 0.2) is 5.65 Å². The van der Waals surface area contributed by atoms with Gasteiger partial charge in [0.1, 0.15) is 5.82 Å². The molecule has 0 aliphatic carbocycles. The fourth-order valence-corrected chi connectivity index (χ4v) is 3.22. The first kappa shape index (κ1) is 11.1. The van der Waals surface area contributed by atoms with E-state index in [9.17, 15) is 0 Å². The lowest BCUT2D eigenvalue weighted by atomic mass is 10.3. The van der Waals surface area contributed by atoms with Gasteiger partial charge in [-0.25, -0.2) is 0 Å². The number of fused-ring (bicyclic) bond motifs is 1. The Morgan fingerprint density at radius 1 is 1.53 bits per heavy atom. The molecule has 2 aromatic rings. The third-order valence-electron chi connectivity index (χ3n) is 2.80. The first-order valence-corrected chi connectivity index (χ1v) is 6.90. The Kier molecular flexibility index (Phi) is 2.84. The van der Waals surface area contributed by atoms with Crippen LogP contribution in [-0.2, 0) is 0 Å². The monoisotopic (exact) mass is 269 g/mol. The molecule has 1 N–H and O–H groups in total. The van der Waals surface area contributed by atoms with E-state index >= 15 is 0 Å². The predicted octanol–water partition coefficient (Wildman–Crippen LogP) is 1.95. The first-order valence-electron chi connectivity index (χ1n) is 5.47. The van der Waals surface area contributed by atoms with Gasteiger partial charge in [-0.1, -0.05) is 6.92 Å². The van der Waals surface area contributed by atoms with E-state index in [1.54, 1.807) is 6.20 Å². The zero-order valence-corrected chi connectivity index (χ0v) is 10.9. The lowest BCUT2D eigenvalue weighted by Crippen LogP contribution is -2.37. The molecule has 0 spiro atoms. The SMILES string of the molecule is CC1CN(c2nc(Cl)nc3[nH]ncc23)CCS1. The van der Waals surface area contributed by atoms with Crippen molar-refractivity contribution in [2.75, 3.05) is 23.7 Å². The summed E-state index contributed by atoms with van der Waals surface area (Å²) >= 11 is 7.92. The van der Waals surface area contributed by atoms with Crippen molar-refractivity contribution in [1.29, 1.82) is 0 Å². The molecule has 1 aliphatic heterocycles. The molecule has 0 bridgehead atoms. The lowest BCUT2D eigenvalue weighted by molar-refractivity contribution is 0.772. The number of hydrogen-bond donors (Lipinski definition) is 1. The molecule has 1 unspecified atom stereocenters. The van der Waals surface area contributed by atoms with Gasteiger partial charge in [-0.05, 0) is 11.6 Å². The van der Waals surface area contributed by atoms with Crippen LogP contribution in [0, 0.1) is 0 Å². The largest absolute Gasteiger partial charge is 0.354 e. The normalized spacial score (nSPS) is 21.1. The summed E-state index contributed by atoms with van der Waals surface area (Å²) in [7, 11) is 0. The summed E-state index contributed by atoms with van der Waals surface area (Å²) in [6.07, 6.45) is 1.76. The fraction of sp³-hybridized carbons (Fsp3) is 0.500. The van der Waals surface area contributed by atoms with Gasteiger partial charge in [0.2, 0.25) is 5.28 Å². The van der Waals surface area contributed by atoms with E-state index in [0.717, 1.165) is 30.0 Å². The molecule has 0 saturated carbocycles. The number of aromatic nitrogens is 4. The number of hydrogen-bond acceptors (Lipinski definition) is 5. The third kappa shape index (κ3) is 2.07. The Labute approximate surface area is 108 Å². The average molecular weight is 270 g/mol. The summed E-state index contributed by atoms with van der Waals surface area (Å²) in [5.41, 5.74) is 0.700. The van der Waals surface area contributed by atoms with E-state index in [2.05, 4.69) is 32.0 Å². The Morgan fingerprint density at radius 2 is 2.41 bits per heavy atom. The van der Waals surface area contributed by atoms with Crippen LogP contribution in [0.15, 0.2) is 6.20 Å². The number of thioether (sulfide) groups is 1. The second-order valence-corrected chi connectivity index (χ2v) is 5.96. The highest BCUT2D eigenvalue weighted by atomic mass is 35.5. The van der Waals surface area contributed by atoms with Crippen molar-refractivity contribution in [3.8, 4) is 0 Å². The minimum atomic E-state index is 0.266. The molecule has 3 heterocycles. The second-order valence-electron chi connectivity index (χ2n) is 4.08. The van der Waals surface area contributed by atoms with Crippen molar-refractivity contribution >= 4 is 40.2 Å². The zero-order chi connectivity index (χ0) is 11.8. The quantitative estimate of drug-likeness (QED) is 0.802. The molecular weight excluding hydrogens is 258 g/mol. The summed E-state index contributed by atoms with van der Waals surface area (Å²) in [5.74, 6) is 2.00. The van der Waals surface area contributed by atoms with Crippen molar-refractivity contribution in [3.63, 3.8) is 0 Å².